The number of benzene rings is 2. The molecule has 0 saturated heterocycles. The van der Waals surface area contributed by atoms with Gasteiger partial charge >= 0.3 is 12.1 Å². The molecule has 2 aromatic carbocycles. The van der Waals surface area contributed by atoms with Crippen LogP contribution in [0, 0.1) is 12.3 Å². The van der Waals surface area contributed by atoms with Crippen molar-refractivity contribution in [1.29, 1.82) is 0 Å². The number of ether oxygens (including phenoxy) is 3. The van der Waals surface area contributed by atoms with E-state index in [9.17, 15) is 9.59 Å². The first kappa shape index (κ1) is 25.5. The first-order valence-electron chi connectivity index (χ1n) is 10.4. The molecular formula is C24H31NO6S. The van der Waals surface area contributed by atoms with Gasteiger partial charge < -0.3 is 19.3 Å². The molecule has 1 atom stereocenters. The molecule has 0 radical (unpaired) electrons. The number of hydrogen-bond acceptors (Lipinski definition) is 7. The predicted molar refractivity (Wildman–Crippen MR) is 126 cm³/mol. The van der Waals surface area contributed by atoms with E-state index in [2.05, 4.69) is 17.9 Å². The van der Waals surface area contributed by atoms with Crippen molar-refractivity contribution in [2.45, 2.75) is 33.3 Å². The lowest BCUT2D eigenvalue weighted by Crippen LogP contribution is -2.30. The Hall–Kier alpha value is -2.71. The van der Waals surface area contributed by atoms with Gasteiger partial charge in [0.2, 0.25) is 0 Å². The van der Waals surface area contributed by atoms with Crippen LogP contribution in [0.3, 0.4) is 0 Å². The van der Waals surface area contributed by atoms with Crippen LogP contribution in [-0.2, 0) is 14.3 Å². The molecule has 7 nitrogen and oxygen atoms in total. The van der Waals surface area contributed by atoms with Gasteiger partial charge in [0.1, 0.15) is 18.5 Å². The molecule has 0 aliphatic heterocycles. The van der Waals surface area contributed by atoms with E-state index < -0.39 is 23.6 Å². The topological polar surface area (TPSA) is 94.1 Å². The molecule has 0 heterocycles. The quantitative estimate of drug-likeness (QED) is 0.336. The van der Waals surface area contributed by atoms with Gasteiger partial charge in [-0.05, 0) is 43.2 Å². The third kappa shape index (κ3) is 8.09. The zero-order valence-electron chi connectivity index (χ0n) is 18.7. The third-order valence-electron chi connectivity index (χ3n) is 4.91. The van der Waals surface area contributed by atoms with Crippen molar-refractivity contribution in [1.82, 2.24) is 0 Å². The smallest absolute Gasteiger partial charge is 0.412 e. The van der Waals surface area contributed by atoms with Gasteiger partial charge in [0.25, 0.3) is 0 Å². The number of nitrogens with one attached hydrogen (secondary N) is 1. The Morgan fingerprint density at radius 3 is 2.31 bits per heavy atom. The van der Waals surface area contributed by atoms with E-state index in [1.807, 2.05) is 45.0 Å². The summed E-state index contributed by atoms with van der Waals surface area (Å²) in [5, 5.41) is 11.7. The van der Waals surface area contributed by atoms with E-state index in [1.54, 1.807) is 24.3 Å². The summed E-state index contributed by atoms with van der Waals surface area (Å²) in [5.41, 5.74) is 1.94. The fraction of sp³-hybridized carbons (Fsp3) is 0.417. The number of hydrogen-bond donors (Lipinski definition) is 3. The Balaban J connectivity index is 2.17. The highest BCUT2D eigenvalue weighted by Gasteiger charge is 2.34. The molecule has 1 amide bonds. The van der Waals surface area contributed by atoms with Gasteiger partial charge in [0.15, 0.2) is 0 Å². The fourth-order valence-electron chi connectivity index (χ4n) is 3.08. The standard InChI is InChI=1S/C24H31NO6S/c1-17-4-8-19(9-5-17)25-23(28)31-22(24(2,3)12-14-30-21(27)16-32)18-6-10-20(11-7-18)29-15-13-26/h4-11,22,26,32H,12-16H2,1-3H3,(H,25,28)/t22-/m0/s1. The van der Waals surface area contributed by atoms with Crippen molar-refractivity contribution in [2.24, 2.45) is 5.41 Å². The van der Waals surface area contributed by atoms with Crippen LogP contribution in [0.5, 0.6) is 5.75 Å². The zero-order chi connectivity index (χ0) is 23.6. The minimum absolute atomic E-state index is 0.00855. The van der Waals surface area contributed by atoms with E-state index in [-0.39, 0.29) is 25.6 Å². The highest BCUT2D eigenvalue weighted by molar-refractivity contribution is 7.81. The first-order valence-corrected chi connectivity index (χ1v) is 11.0. The maximum atomic E-state index is 12.7. The third-order valence-corrected chi connectivity index (χ3v) is 5.17. The molecule has 8 heteroatoms. The number of aliphatic hydroxyl groups is 1. The largest absolute Gasteiger partial charge is 0.491 e. The molecule has 2 N–H and O–H groups in total. The predicted octanol–water partition coefficient (Wildman–Crippen LogP) is 4.55. The van der Waals surface area contributed by atoms with Crippen LogP contribution in [0.4, 0.5) is 10.5 Å². The molecule has 0 bridgehead atoms. The van der Waals surface area contributed by atoms with Crippen molar-refractivity contribution >= 4 is 30.4 Å². The minimum Gasteiger partial charge on any atom is -0.491 e. The Bertz CT molecular complexity index is 867. The van der Waals surface area contributed by atoms with Crippen LogP contribution in [0.2, 0.25) is 0 Å². The van der Waals surface area contributed by atoms with Crippen LogP contribution in [0.1, 0.15) is 37.5 Å². The summed E-state index contributed by atoms with van der Waals surface area (Å²) in [6, 6.07) is 14.6. The molecule has 0 fully saturated rings. The van der Waals surface area contributed by atoms with Crippen molar-refractivity contribution in [3.63, 3.8) is 0 Å². The number of anilines is 1. The minimum atomic E-state index is -0.616. The molecular weight excluding hydrogens is 430 g/mol. The van der Waals surface area contributed by atoms with E-state index >= 15 is 0 Å². The van der Waals surface area contributed by atoms with Crippen LogP contribution in [0.15, 0.2) is 48.5 Å². The molecule has 0 aromatic heterocycles. The van der Waals surface area contributed by atoms with Gasteiger partial charge in [-0.2, -0.15) is 12.6 Å². The first-order chi connectivity index (χ1) is 15.2. The van der Waals surface area contributed by atoms with Crippen LogP contribution >= 0.6 is 12.6 Å². The van der Waals surface area contributed by atoms with E-state index in [0.29, 0.717) is 17.9 Å². The second-order valence-corrected chi connectivity index (χ2v) is 8.35. The molecule has 0 saturated carbocycles. The normalized spacial score (nSPS) is 12.0. The summed E-state index contributed by atoms with van der Waals surface area (Å²) in [7, 11) is 0. The number of thiol groups is 1. The monoisotopic (exact) mass is 461 g/mol. The van der Waals surface area contributed by atoms with Gasteiger partial charge in [0.05, 0.1) is 19.0 Å². The van der Waals surface area contributed by atoms with Crippen molar-refractivity contribution in [2.75, 3.05) is 30.9 Å². The Kier molecular flexibility index (Phi) is 9.87. The molecule has 0 aliphatic carbocycles. The maximum Gasteiger partial charge on any atom is 0.412 e. The Labute approximate surface area is 194 Å². The van der Waals surface area contributed by atoms with E-state index in [4.69, 9.17) is 19.3 Å². The summed E-state index contributed by atoms with van der Waals surface area (Å²) in [5.74, 6) is 0.213. The highest BCUT2D eigenvalue weighted by atomic mass is 32.1. The number of aryl methyl sites for hydroxylation is 1. The summed E-state index contributed by atoms with van der Waals surface area (Å²) in [6.45, 7) is 6.16. The Morgan fingerprint density at radius 1 is 1.06 bits per heavy atom. The van der Waals surface area contributed by atoms with Crippen LogP contribution in [-0.4, -0.2) is 42.7 Å². The van der Waals surface area contributed by atoms with Crippen LogP contribution in [0.25, 0.3) is 0 Å². The van der Waals surface area contributed by atoms with Crippen molar-refractivity contribution in [3.8, 4) is 5.75 Å². The van der Waals surface area contributed by atoms with E-state index in [1.165, 1.54) is 0 Å². The molecule has 32 heavy (non-hydrogen) atoms. The lowest BCUT2D eigenvalue weighted by Gasteiger charge is -2.34. The van der Waals surface area contributed by atoms with Gasteiger partial charge in [-0.15, -0.1) is 0 Å². The second-order valence-electron chi connectivity index (χ2n) is 8.03. The summed E-state index contributed by atoms with van der Waals surface area (Å²) >= 11 is 3.91. The number of aliphatic hydroxyl groups excluding tert-OH is 1. The summed E-state index contributed by atoms with van der Waals surface area (Å²) in [4.78, 5) is 24.1. The summed E-state index contributed by atoms with van der Waals surface area (Å²) in [6.07, 6.45) is -0.730. The van der Waals surface area contributed by atoms with Gasteiger partial charge in [-0.1, -0.05) is 43.7 Å². The SMILES string of the molecule is Cc1ccc(NC(=O)O[C@@H](c2ccc(OCCO)cc2)C(C)(C)CCOC(=O)CS)cc1. The maximum absolute atomic E-state index is 12.7. The number of amides is 1. The average Bonchev–Trinajstić information content (AvgIpc) is 2.77. The van der Waals surface area contributed by atoms with Crippen molar-refractivity contribution < 1.29 is 28.9 Å². The van der Waals surface area contributed by atoms with Crippen LogP contribution < -0.4 is 10.1 Å². The number of carbonyl (C=O) groups excluding carboxylic acids is 2. The number of carbonyl (C=O) groups is 2. The molecule has 2 rings (SSSR count). The molecule has 0 unspecified atom stereocenters. The zero-order valence-corrected chi connectivity index (χ0v) is 19.6. The molecule has 174 valence electrons. The number of rotatable bonds is 11. The lowest BCUT2D eigenvalue weighted by molar-refractivity contribution is -0.141. The Morgan fingerprint density at radius 2 is 1.72 bits per heavy atom. The van der Waals surface area contributed by atoms with Gasteiger partial charge in [-0.3, -0.25) is 10.1 Å². The molecule has 0 spiro atoms. The van der Waals surface area contributed by atoms with E-state index in [0.717, 1.165) is 11.1 Å². The second kappa shape index (κ2) is 12.4. The number of esters is 1. The molecule has 0 aliphatic rings. The van der Waals surface area contributed by atoms with Crippen molar-refractivity contribution in [3.05, 3.63) is 59.7 Å². The van der Waals surface area contributed by atoms with Gasteiger partial charge in [-0.25, -0.2) is 4.79 Å². The average molecular weight is 462 g/mol. The molecule has 2 aromatic rings. The summed E-state index contributed by atoms with van der Waals surface area (Å²) < 4.78 is 16.4. The lowest BCUT2D eigenvalue weighted by atomic mass is 9.80. The van der Waals surface area contributed by atoms with Gasteiger partial charge in [0, 0.05) is 11.1 Å². The highest BCUT2D eigenvalue weighted by Crippen LogP contribution is 2.40. The fourth-order valence-corrected chi connectivity index (χ4v) is 3.17.